The topological polar surface area (TPSA) is 40.7 Å². The van der Waals surface area contributed by atoms with Crippen LogP contribution in [0.4, 0.5) is 11.5 Å². The summed E-state index contributed by atoms with van der Waals surface area (Å²) in [5.74, 6) is 0.969. The molecule has 62 valence electrons. The van der Waals surface area contributed by atoms with Crippen LogP contribution < -0.4 is 10.2 Å². The number of epoxide rings is 1. The predicted molar refractivity (Wildman–Crippen MR) is 44.9 cm³/mol. The van der Waals surface area contributed by atoms with E-state index in [-0.39, 0.29) is 12.5 Å². The molecule has 2 unspecified atom stereocenters. The number of pyridine rings is 1. The quantitative estimate of drug-likeness (QED) is 0.569. The summed E-state index contributed by atoms with van der Waals surface area (Å²) in [6, 6.07) is 3.93. The number of rotatable bonds is 0. The molecule has 0 bridgehead atoms. The summed E-state index contributed by atoms with van der Waals surface area (Å²) in [4.78, 5) is 6.31. The van der Waals surface area contributed by atoms with Gasteiger partial charge in [-0.2, -0.15) is 0 Å². The van der Waals surface area contributed by atoms with Crippen LogP contribution in [0.5, 0.6) is 0 Å². The fourth-order valence-corrected chi connectivity index (χ4v) is 1.57. The lowest BCUT2D eigenvalue weighted by Crippen LogP contribution is -2.31. The molecular formula is C8H9N3O. The molecule has 1 fully saturated rings. The number of ether oxygens (including phenoxy) is 1. The lowest BCUT2D eigenvalue weighted by atomic mass is 10.3. The van der Waals surface area contributed by atoms with Crippen LogP contribution in [-0.2, 0) is 4.74 Å². The Kier molecular flexibility index (Phi) is 0.988. The maximum atomic E-state index is 5.35. The van der Waals surface area contributed by atoms with Crippen LogP contribution in [-0.4, -0.2) is 24.5 Å². The van der Waals surface area contributed by atoms with Gasteiger partial charge in [0.1, 0.15) is 0 Å². The number of hydrogen-bond acceptors (Lipinski definition) is 4. The van der Waals surface area contributed by atoms with Crippen molar-refractivity contribution < 1.29 is 4.74 Å². The number of hydrogen-bond donors (Lipinski definition) is 1. The molecule has 12 heavy (non-hydrogen) atoms. The Bertz CT molecular complexity index is 328. The van der Waals surface area contributed by atoms with Gasteiger partial charge in [0, 0.05) is 13.2 Å². The van der Waals surface area contributed by atoms with Crippen molar-refractivity contribution in [3.05, 3.63) is 18.3 Å². The van der Waals surface area contributed by atoms with Gasteiger partial charge in [0.15, 0.2) is 18.3 Å². The molecule has 1 aromatic heterocycles. The van der Waals surface area contributed by atoms with Crippen LogP contribution >= 0.6 is 0 Å². The number of anilines is 2. The normalized spacial score (nSPS) is 30.2. The second-order valence-corrected chi connectivity index (χ2v) is 3.08. The SMILES string of the molecule is CN1c2ncccc2NC2OC21. The van der Waals surface area contributed by atoms with Crippen molar-refractivity contribution in [2.45, 2.75) is 12.5 Å². The number of aromatic nitrogens is 1. The lowest BCUT2D eigenvalue weighted by molar-refractivity contribution is 0.383. The van der Waals surface area contributed by atoms with Gasteiger partial charge in [-0.15, -0.1) is 0 Å². The second-order valence-electron chi connectivity index (χ2n) is 3.08. The average molecular weight is 163 g/mol. The van der Waals surface area contributed by atoms with E-state index in [1.165, 1.54) is 0 Å². The van der Waals surface area contributed by atoms with Gasteiger partial charge in [-0.05, 0) is 12.1 Å². The molecule has 3 heterocycles. The second kappa shape index (κ2) is 1.90. The first-order valence-electron chi connectivity index (χ1n) is 3.96. The van der Waals surface area contributed by atoms with E-state index in [0.717, 1.165) is 11.5 Å². The van der Waals surface area contributed by atoms with E-state index in [1.54, 1.807) is 6.20 Å². The monoisotopic (exact) mass is 163 g/mol. The van der Waals surface area contributed by atoms with Crippen molar-refractivity contribution in [1.29, 1.82) is 0 Å². The minimum atomic E-state index is 0.173. The minimum absolute atomic E-state index is 0.173. The van der Waals surface area contributed by atoms with Crippen molar-refractivity contribution in [1.82, 2.24) is 4.98 Å². The highest BCUT2D eigenvalue weighted by Crippen LogP contribution is 2.38. The number of nitrogens with one attached hydrogen (secondary N) is 1. The van der Waals surface area contributed by atoms with Gasteiger partial charge in [-0.3, -0.25) is 0 Å². The summed E-state index contributed by atoms with van der Waals surface area (Å²) < 4.78 is 5.35. The van der Waals surface area contributed by atoms with E-state index in [9.17, 15) is 0 Å². The molecule has 0 saturated carbocycles. The molecule has 4 nitrogen and oxygen atoms in total. The van der Waals surface area contributed by atoms with Crippen molar-refractivity contribution in [3.8, 4) is 0 Å². The van der Waals surface area contributed by atoms with Crippen LogP contribution in [0.3, 0.4) is 0 Å². The molecule has 2 atom stereocenters. The Morgan fingerprint density at radius 3 is 3.50 bits per heavy atom. The zero-order valence-corrected chi connectivity index (χ0v) is 6.69. The van der Waals surface area contributed by atoms with E-state index >= 15 is 0 Å². The Hall–Kier alpha value is -1.29. The summed E-state index contributed by atoms with van der Waals surface area (Å²) in [5, 5.41) is 3.24. The number of nitrogens with zero attached hydrogens (tertiary/aromatic N) is 2. The molecule has 2 aliphatic heterocycles. The van der Waals surface area contributed by atoms with E-state index in [4.69, 9.17) is 4.74 Å². The molecule has 3 rings (SSSR count). The van der Waals surface area contributed by atoms with Gasteiger partial charge in [0.05, 0.1) is 5.69 Å². The van der Waals surface area contributed by atoms with Crippen molar-refractivity contribution in [2.24, 2.45) is 0 Å². The average Bonchev–Trinajstić information content (AvgIpc) is 2.84. The predicted octanol–water partition coefficient (Wildman–Crippen LogP) is 0.626. The third kappa shape index (κ3) is 0.674. The third-order valence-corrected chi connectivity index (χ3v) is 2.27. The summed E-state index contributed by atoms with van der Waals surface area (Å²) in [5.41, 5.74) is 1.05. The molecule has 2 aliphatic rings. The van der Waals surface area contributed by atoms with Gasteiger partial charge >= 0.3 is 0 Å². The summed E-state index contributed by atoms with van der Waals surface area (Å²) >= 11 is 0. The minimum Gasteiger partial charge on any atom is -0.353 e. The van der Waals surface area contributed by atoms with Gasteiger partial charge in [0.25, 0.3) is 0 Å². The molecule has 0 amide bonds. The lowest BCUT2D eigenvalue weighted by Gasteiger charge is -2.22. The highest BCUT2D eigenvalue weighted by Gasteiger charge is 2.47. The standard InChI is InChI=1S/C8H9N3O/c1-11-6-5(3-2-4-9-6)10-7-8(11)12-7/h2-4,7-8,10H,1H3. The van der Waals surface area contributed by atoms with Crippen molar-refractivity contribution >= 4 is 11.5 Å². The van der Waals surface area contributed by atoms with Gasteiger partial charge in [-0.1, -0.05) is 0 Å². The summed E-state index contributed by atoms with van der Waals surface area (Å²) in [6.07, 6.45) is 2.15. The first-order valence-corrected chi connectivity index (χ1v) is 3.96. The largest absolute Gasteiger partial charge is 0.353 e. The fraction of sp³-hybridized carbons (Fsp3) is 0.375. The fourth-order valence-electron chi connectivity index (χ4n) is 1.57. The summed E-state index contributed by atoms with van der Waals surface area (Å²) in [7, 11) is 2.00. The Labute approximate surface area is 70.2 Å². The first-order chi connectivity index (χ1) is 5.86. The molecular weight excluding hydrogens is 154 g/mol. The van der Waals surface area contributed by atoms with Crippen molar-refractivity contribution in [2.75, 3.05) is 17.3 Å². The molecule has 4 heteroatoms. The molecule has 0 spiro atoms. The Balaban J connectivity index is 2.11. The highest BCUT2D eigenvalue weighted by atomic mass is 16.6. The van der Waals surface area contributed by atoms with E-state index < -0.39 is 0 Å². The van der Waals surface area contributed by atoms with Gasteiger partial charge in [0.2, 0.25) is 0 Å². The van der Waals surface area contributed by atoms with E-state index in [1.807, 2.05) is 19.2 Å². The van der Waals surface area contributed by atoms with Crippen LogP contribution in [0.15, 0.2) is 18.3 Å². The van der Waals surface area contributed by atoms with Crippen LogP contribution in [0, 0.1) is 0 Å². The van der Waals surface area contributed by atoms with E-state index in [2.05, 4.69) is 15.2 Å². The molecule has 0 aromatic carbocycles. The molecule has 1 aromatic rings. The number of likely N-dealkylation sites (N-methyl/N-ethyl adjacent to an activating group) is 1. The molecule has 1 saturated heterocycles. The van der Waals surface area contributed by atoms with Crippen LogP contribution in [0.2, 0.25) is 0 Å². The maximum Gasteiger partial charge on any atom is 0.179 e. The Morgan fingerprint density at radius 2 is 2.58 bits per heavy atom. The smallest absolute Gasteiger partial charge is 0.179 e. The van der Waals surface area contributed by atoms with Crippen LogP contribution in [0.25, 0.3) is 0 Å². The first kappa shape index (κ1) is 6.25. The highest BCUT2D eigenvalue weighted by molar-refractivity contribution is 5.69. The van der Waals surface area contributed by atoms with Crippen molar-refractivity contribution in [3.63, 3.8) is 0 Å². The van der Waals surface area contributed by atoms with Gasteiger partial charge in [-0.25, -0.2) is 4.98 Å². The zero-order chi connectivity index (χ0) is 8.13. The summed E-state index contributed by atoms with van der Waals surface area (Å²) in [6.45, 7) is 0. The number of fused-ring (bicyclic) bond motifs is 2. The van der Waals surface area contributed by atoms with E-state index in [0.29, 0.717) is 0 Å². The third-order valence-electron chi connectivity index (χ3n) is 2.27. The zero-order valence-electron chi connectivity index (χ0n) is 6.69. The molecule has 1 N–H and O–H groups in total. The van der Waals surface area contributed by atoms with Crippen LogP contribution in [0.1, 0.15) is 0 Å². The molecule has 0 aliphatic carbocycles. The maximum absolute atomic E-state index is 5.35. The van der Waals surface area contributed by atoms with Gasteiger partial charge < -0.3 is 15.0 Å². The molecule has 0 radical (unpaired) electrons. The Morgan fingerprint density at radius 1 is 1.67 bits per heavy atom.